The minimum Gasteiger partial charge on any atom is -0.389 e. The molecule has 1 aliphatic carbocycles. The van der Waals surface area contributed by atoms with Gasteiger partial charge in [0, 0.05) is 6.42 Å². The van der Waals surface area contributed by atoms with E-state index in [0.717, 1.165) is 19.3 Å². The Morgan fingerprint density at radius 2 is 1.83 bits per heavy atom. The highest BCUT2D eigenvalue weighted by Gasteiger charge is 2.30. The molecule has 2 N–H and O–H groups in total. The summed E-state index contributed by atoms with van der Waals surface area (Å²) in [5.41, 5.74) is -0.807. The van der Waals surface area contributed by atoms with Gasteiger partial charge in [0.05, 0.1) is 5.60 Å². The van der Waals surface area contributed by atoms with E-state index in [1.165, 1.54) is 0 Å². The molecule has 0 atom stereocenters. The molecule has 0 amide bonds. The van der Waals surface area contributed by atoms with Gasteiger partial charge < -0.3 is 10.2 Å². The molecule has 0 spiro atoms. The van der Waals surface area contributed by atoms with Gasteiger partial charge in [-0.2, -0.15) is 0 Å². The van der Waals surface area contributed by atoms with Gasteiger partial charge in [-0.25, -0.2) is 0 Å². The van der Waals surface area contributed by atoms with Crippen LogP contribution in [-0.4, -0.2) is 28.2 Å². The van der Waals surface area contributed by atoms with Gasteiger partial charge in [0.2, 0.25) is 0 Å². The molecule has 1 saturated carbocycles. The van der Waals surface area contributed by atoms with Crippen LogP contribution in [0.2, 0.25) is 0 Å². The van der Waals surface area contributed by atoms with Crippen molar-refractivity contribution in [3.63, 3.8) is 0 Å². The van der Waals surface area contributed by atoms with Crippen LogP contribution in [-0.2, 0) is 4.79 Å². The number of carbonyl (C=O) groups is 1. The quantitative estimate of drug-likeness (QED) is 0.656. The molecule has 0 unspecified atom stereocenters. The van der Waals surface area contributed by atoms with Gasteiger partial charge in [0.1, 0.15) is 6.61 Å². The van der Waals surface area contributed by atoms with E-state index in [4.69, 9.17) is 5.11 Å². The number of hydrogen-bond acceptors (Lipinski definition) is 3. The third kappa shape index (κ3) is 2.57. The Bertz CT molecular complexity index is 159. The standard InChI is InChI=1S/C9H16O3/c10-7-8(11)6-9(12)4-2-1-3-5-9/h10,12H,1-7H2. The summed E-state index contributed by atoms with van der Waals surface area (Å²) in [6, 6.07) is 0. The molecule has 1 fully saturated rings. The Morgan fingerprint density at radius 1 is 1.25 bits per heavy atom. The molecule has 1 rings (SSSR count). The van der Waals surface area contributed by atoms with Crippen LogP contribution in [0.1, 0.15) is 38.5 Å². The number of rotatable bonds is 3. The number of aliphatic hydroxyl groups is 2. The van der Waals surface area contributed by atoms with E-state index in [9.17, 15) is 9.90 Å². The summed E-state index contributed by atoms with van der Waals surface area (Å²) in [4.78, 5) is 10.9. The SMILES string of the molecule is O=C(CO)CC1(O)CCCCC1. The lowest BCUT2D eigenvalue weighted by molar-refractivity contribution is -0.128. The van der Waals surface area contributed by atoms with Crippen molar-refractivity contribution in [3.05, 3.63) is 0 Å². The van der Waals surface area contributed by atoms with E-state index in [2.05, 4.69) is 0 Å². The molecular weight excluding hydrogens is 156 g/mol. The lowest BCUT2D eigenvalue weighted by Gasteiger charge is -2.31. The first-order chi connectivity index (χ1) is 5.66. The Hall–Kier alpha value is -0.410. The van der Waals surface area contributed by atoms with Crippen molar-refractivity contribution in [2.45, 2.75) is 44.1 Å². The maximum absolute atomic E-state index is 10.9. The zero-order valence-corrected chi connectivity index (χ0v) is 7.25. The summed E-state index contributed by atoms with van der Waals surface area (Å²) in [5.74, 6) is -0.251. The van der Waals surface area contributed by atoms with E-state index >= 15 is 0 Å². The van der Waals surface area contributed by atoms with E-state index < -0.39 is 12.2 Å². The smallest absolute Gasteiger partial charge is 0.161 e. The fourth-order valence-corrected chi connectivity index (χ4v) is 1.81. The van der Waals surface area contributed by atoms with Crippen LogP contribution in [0.3, 0.4) is 0 Å². The molecule has 0 aromatic carbocycles. The maximum atomic E-state index is 10.9. The summed E-state index contributed by atoms with van der Waals surface area (Å²) in [5, 5.41) is 18.4. The Kier molecular flexibility index (Phi) is 3.23. The highest BCUT2D eigenvalue weighted by Crippen LogP contribution is 2.30. The fraction of sp³-hybridized carbons (Fsp3) is 0.889. The third-order valence-corrected chi connectivity index (χ3v) is 2.49. The highest BCUT2D eigenvalue weighted by molar-refractivity contribution is 5.80. The molecule has 0 bridgehead atoms. The molecule has 0 aromatic heterocycles. The van der Waals surface area contributed by atoms with Gasteiger partial charge >= 0.3 is 0 Å². The van der Waals surface area contributed by atoms with Gasteiger partial charge in [-0.05, 0) is 12.8 Å². The molecule has 0 aromatic rings. The number of Topliss-reactive ketones (excluding diaryl/α,β-unsaturated/α-hetero) is 1. The molecule has 1 aliphatic rings. The molecule has 3 heteroatoms. The lowest BCUT2D eigenvalue weighted by atomic mass is 9.81. The lowest BCUT2D eigenvalue weighted by Crippen LogP contribution is -2.34. The molecular formula is C9H16O3. The van der Waals surface area contributed by atoms with Gasteiger partial charge in [-0.15, -0.1) is 0 Å². The topological polar surface area (TPSA) is 57.5 Å². The largest absolute Gasteiger partial charge is 0.389 e. The Labute approximate surface area is 72.4 Å². The molecule has 3 nitrogen and oxygen atoms in total. The van der Waals surface area contributed by atoms with Gasteiger partial charge in [-0.1, -0.05) is 19.3 Å². The second-order valence-electron chi connectivity index (χ2n) is 3.66. The van der Waals surface area contributed by atoms with Crippen molar-refractivity contribution in [2.24, 2.45) is 0 Å². The van der Waals surface area contributed by atoms with Crippen molar-refractivity contribution in [1.29, 1.82) is 0 Å². The molecule has 0 radical (unpaired) electrons. The van der Waals surface area contributed by atoms with E-state index in [-0.39, 0.29) is 12.2 Å². The van der Waals surface area contributed by atoms with Crippen molar-refractivity contribution < 1.29 is 15.0 Å². The summed E-state index contributed by atoms with van der Waals surface area (Å²) in [7, 11) is 0. The molecule has 0 heterocycles. The Morgan fingerprint density at radius 3 is 2.33 bits per heavy atom. The maximum Gasteiger partial charge on any atom is 0.161 e. The first-order valence-corrected chi connectivity index (χ1v) is 4.51. The van der Waals surface area contributed by atoms with Gasteiger partial charge in [0.15, 0.2) is 5.78 Å². The van der Waals surface area contributed by atoms with Crippen molar-refractivity contribution in [2.75, 3.05) is 6.61 Å². The van der Waals surface area contributed by atoms with Crippen molar-refractivity contribution in [3.8, 4) is 0 Å². The number of ketones is 1. The monoisotopic (exact) mass is 172 g/mol. The number of hydrogen-bond donors (Lipinski definition) is 2. The van der Waals surface area contributed by atoms with E-state index in [0.29, 0.717) is 12.8 Å². The molecule has 12 heavy (non-hydrogen) atoms. The molecule has 0 aliphatic heterocycles. The summed E-state index contributed by atoms with van der Waals surface area (Å²) < 4.78 is 0. The average molecular weight is 172 g/mol. The van der Waals surface area contributed by atoms with Crippen molar-refractivity contribution >= 4 is 5.78 Å². The zero-order chi connectivity index (χ0) is 9.03. The predicted octanol–water partition coefficient (Wildman–Crippen LogP) is 0.633. The predicted molar refractivity (Wildman–Crippen MR) is 44.7 cm³/mol. The normalized spacial score (nSPS) is 22.2. The van der Waals surface area contributed by atoms with Crippen LogP contribution in [0.4, 0.5) is 0 Å². The van der Waals surface area contributed by atoms with E-state index in [1.54, 1.807) is 0 Å². The summed E-state index contributed by atoms with van der Waals surface area (Å²) in [6.45, 7) is -0.442. The number of carbonyl (C=O) groups excluding carboxylic acids is 1. The second-order valence-corrected chi connectivity index (χ2v) is 3.66. The van der Waals surface area contributed by atoms with Crippen LogP contribution < -0.4 is 0 Å². The van der Waals surface area contributed by atoms with Crippen LogP contribution >= 0.6 is 0 Å². The van der Waals surface area contributed by atoms with Gasteiger partial charge in [0.25, 0.3) is 0 Å². The molecule has 0 saturated heterocycles. The number of aliphatic hydroxyl groups excluding tert-OH is 1. The van der Waals surface area contributed by atoms with Crippen LogP contribution in [0, 0.1) is 0 Å². The average Bonchev–Trinajstić information content (AvgIpc) is 2.05. The minimum atomic E-state index is -0.807. The minimum absolute atomic E-state index is 0.128. The summed E-state index contributed by atoms with van der Waals surface area (Å²) >= 11 is 0. The fourth-order valence-electron chi connectivity index (χ4n) is 1.81. The zero-order valence-electron chi connectivity index (χ0n) is 7.25. The van der Waals surface area contributed by atoms with Gasteiger partial charge in [-0.3, -0.25) is 4.79 Å². The van der Waals surface area contributed by atoms with Crippen LogP contribution in [0.25, 0.3) is 0 Å². The summed E-state index contributed by atoms with van der Waals surface area (Å²) in [6.07, 6.45) is 4.68. The van der Waals surface area contributed by atoms with Crippen molar-refractivity contribution in [1.82, 2.24) is 0 Å². The highest BCUT2D eigenvalue weighted by atomic mass is 16.3. The van der Waals surface area contributed by atoms with Crippen LogP contribution in [0.5, 0.6) is 0 Å². The third-order valence-electron chi connectivity index (χ3n) is 2.49. The first kappa shape index (κ1) is 9.68. The Balaban J connectivity index is 2.41. The second kappa shape index (κ2) is 4.01. The first-order valence-electron chi connectivity index (χ1n) is 4.51. The van der Waals surface area contributed by atoms with Crippen LogP contribution in [0.15, 0.2) is 0 Å². The molecule has 70 valence electrons. The van der Waals surface area contributed by atoms with E-state index in [1.807, 2.05) is 0 Å².